The first-order valence-electron chi connectivity index (χ1n) is 5.59. The van der Waals surface area contributed by atoms with Crippen LogP contribution in [0.2, 0.25) is 0 Å². The Morgan fingerprint density at radius 3 is 2.88 bits per heavy atom. The van der Waals surface area contributed by atoms with Crippen molar-refractivity contribution < 1.29 is 4.79 Å². The van der Waals surface area contributed by atoms with Crippen LogP contribution >= 0.6 is 11.3 Å². The molecule has 0 saturated heterocycles. The fourth-order valence-electron chi connectivity index (χ4n) is 1.22. The van der Waals surface area contributed by atoms with Crippen LogP contribution in [0.3, 0.4) is 0 Å². The van der Waals surface area contributed by atoms with E-state index in [-0.39, 0.29) is 11.8 Å². The van der Waals surface area contributed by atoms with Crippen LogP contribution in [0.5, 0.6) is 0 Å². The molecule has 0 fully saturated rings. The van der Waals surface area contributed by atoms with Crippen LogP contribution < -0.4 is 10.6 Å². The van der Waals surface area contributed by atoms with Gasteiger partial charge in [0.15, 0.2) is 0 Å². The molecule has 0 unspecified atom stereocenters. The highest BCUT2D eigenvalue weighted by molar-refractivity contribution is 7.10. The summed E-state index contributed by atoms with van der Waals surface area (Å²) < 4.78 is 0. The number of nitrogens with one attached hydrogen (secondary N) is 2. The van der Waals surface area contributed by atoms with Gasteiger partial charge in [-0.05, 0) is 6.07 Å². The average Bonchev–Trinajstić information content (AvgIpc) is 2.76. The minimum Gasteiger partial charge on any atom is -0.355 e. The summed E-state index contributed by atoms with van der Waals surface area (Å²) in [4.78, 5) is 12.4. The molecule has 17 heavy (non-hydrogen) atoms. The van der Waals surface area contributed by atoms with Gasteiger partial charge < -0.3 is 10.6 Å². The lowest BCUT2D eigenvalue weighted by molar-refractivity contribution is -0.123. The minimum absolute atomic E-state index is 0.0329. The van der Waals surface area contributed by atoms with E-state index in [1.165, 1.54) is 0 Å². The van der Waals surface area contributed by atoms with Crippen molar-refractivity contribution in [1.29, 1.82) is 5.26 Å². The van der Waals surface area contributed by atoms with E-state index in [1.54, 1.807) is 11.3 Å². The monoisotopic (exact) mass is 251 g/mol. The summed E-state index contributed by atoms with van der Waals surface area (Å²) >= 11 is 1.57. The highest BCUT2D eigenvalue weighted by Gasteiger charge is 2.04. The molecule has 0 spiro atoms. The van der Waals surface area contributed by atoms with Crippen molar-refractivity contribution >= 4 is 17.2 Å². The van der Waals surface area contributed by atoms with Gasteiger partial charge in [0.2, 0.25) is 5.91 Å². The summed E-state index contributed by atoms with van der Waals surface area (Å²) in [6.07, 6.45) is 0. The van der Waals surface area contributed by atoms with Gasteiger partial charge in [-0.25, -0.2) is 0 Å². The zero-order valence-electron chi connectivity index (χ0n) is 10.1. The van der Waals surface area contributed by atoms with Crippen LogP contribution in [-0.4, -0.2) is 19.0 Å². The molecule has 92 valence electrons. The number of carbonyl (C=O) groups is 1. The van der Waals surface area contributed by atoms with E-state index in [2.05, 4.69) is 16.7 Å². The molecule has 1 aromatic heterocycles. The number of thiophene rings is 1. The standard InChI is InChI=1S/C12H17N3OS/c1-9(2)12(16)15-4-3-14-7-11-5-10(6-13)8-17-11/h5,8-9,14H,3-4,7H2,1-2H3,(H,15,16). The number of nitriles is 1. The van der Waals surface area contributed by atoms with Crippen LogP contribution in [0.15, 0.2) is 11.4 Å². The first kappa shape index (κ1) is 13.7. The molecular formula is C12H17N3OS. The Morgan fingerprint density at radius 1 is 1.53 bits per heavy atom. The maximum Gasteiger partial charge on any atom is 0.222 e. The van der Waals surface area contributed by atoms with Crippen LogP contribution in [0.25, 0.3) is 0 Å². The van der Waals surface area contributed by atoms with Crippen LogP contribution in [0.1, 0.15) is 24.3 Å². The lowest BCUT2D eigenvalue weighted by Crippen LogP contribution is -2.33. The average molecular weight is 251 g/mol. The zero-order valence-corrected chi connectivity index (χ0v) is 10.9. The molecule has 0 aliphatic heterocycles. The highest BCUT2D eigenvalue weighted by Crippen LogP contribution is 2.12. The van der Waals surface area contributed by atoms with E-state index < -0.39 is 0 Å². The summed E-state index contributed by atoms with van der Waals surface area (Å²) in [6, 6.07) is 3.98. The van der Waals surface area contributed by atoms with Gasteiger partial charge in [-0.1, -0.05) is 13.8 Å². The molecule has 0 aliphatic rings. The third kappa shape index (κ3) is 4.98. The van der Waals surface area contributed by atoms with E-state index in [9.17, 15) is 4.79 Å². The van der Waals surface area contributed by atoms with Gasteiger partial charge >= 0.3 is 0 Å². The van der Waals surface area contributed by atoms with Crippen LogP contribution in [0.4, 0.5) is 0 Å². The predicted octanol–water partition coefficient (Wildman–Crippen LogP) is 1.48. The highest BCUT2D eigenvalue weighted by atomic mass is 32.1. The maximum atomic E-state index is 11.2. The topological polar surface area (TPSA) is 64.9 Å². The predicted molar refractivity (Wildman–Crippen MR) is 68.6 cm³/mol. The molecule has 0 aliphatic carbocycles. The van der Waals surface area contributed by atoms with Crippen molar-refractivity contribution in [3.8, 4) is 6.07 Å². The molecule has 5 heteroatoms. The van der Waals surface area contributed by atoms with E-state index in [1.807, 2.05) is 25.3 Å². The molecule has 0 atom stereocenters. The van der Waals surface area contributed by atoms with Gasteiger partial charge in [0.25, 0.3) is 0 Å². The quantitative estimate of drug-likeness (QED) is 0.753. The Kier molecular flexibility index (Phi) is 5.67. The second-order valence-corrected chi connectivity index (χ2v) is 5.03. The molecule has 0 saturated carbocycles. The largest absolute Gasteiger partial charge is 0.355 e. The normalized spacial score (nSPS) is 10.2. The van der Waals surface area contributed by atoms with Gasteiger partial charge in [-0.3, -0.25) is 4.79 Å². The Hall–Kier alpha value is -1.38. The summed E-state index contributed by atoms with van der Waals surface area (Å²) in [5, 5.41) is 16.6. The second-order valence-electron chi connectivity index (χ2n) is 4.04. The first-order chi connectivity index (χ1) is 8.13. The molecule has 1 amide bonds. The summed E-state index contributed by atoms with van der Waals surface area (Å²) in [5.74, 6) is 0.111. The number of carbonyl (C=O) groups excluding carboxylic acids is 1. The number of amides is 1. The minimum atomic E-state index is 0.0329. The fraction of sp³-hybridized carbons (Fsp3) is 0.500. The lowest BCUT2D eigenvalue weighted by atomic mass is 10.2. The van der Waals surface area contributed by atoms with Crippen molar-refractivity contribution in [2.24, 2.45) is 5.92 Å². The summed E-state index contributed by atoms with van der Waals surface area (Å²) in [7, 11) is 0. The van der Waals surface area contributed by atoms with Gasteiger partial charge in [0, 0.05) is 35.8 Å². The van der Waals surface area contributed by atoms with Crippen molar-refractivity contribution in [2.45, 2.75) is 20.4 Å². The summed E-state index contributed by atoms with van der Waals surface area (Å²) in [5.41, 5.74) is 0.708. The zero-order chi connectivity index (χ0) is 12.7. The van der Waals surface area contributed by atoms with E-state index in [4.69, 9.17) is 5.26 Å². The number of rotatable bonds is 6. The Labute approximate surface area is 106 Å². The molecular weight excluding hydrogens is 234 g/mol. The Morgan fingerprint density at radius 2 is 2.29 bits per heavy atom. The third-order valence-corrected chi connectivity index (χ3v) is 3.14. The maximum absolute atomic E-state index is 11.2. The van der Waals surface area contributed by atoms with E-state index >= 15 is 0 Å². The SMILES string of the molecule is CC(C)C(=O)NCCNCc1cc(C#N)cs1. The molecule has 0 radical (unpaired) electrons. The van der Waals surface area contributed by atoms with Crippen molar-refractivity contribution in [3.05, 3.63) is 21.9 Å². The van der Waals surface area contributed by atoms with E-state index in [0.717, 1.165) is 18.0 Å². The number of nitrogens with zero attached hydrogens (tertiary/aromatic N) is 1. The van der Waals surface area contributed by atoms with Crippen molar-refractivity contribution in [3.63, 3.8) is 0 Å². The van der Waals surface area contributed by atoms with Gasteiger partial charge in [0.1, 0.15) is 6.07 Å². The molecule has 4 nitrogen and oxygen atoms in total. The van der Waals surface area contributed by atoms with E-state index in [0.29, 0.717) is 12.1 Å². The van der Waals surface area contributed by atoms with Gasteiger partial charge in [-0.2, -0.15) is 5.26 Å². The van der Waals surface area contributed by atoms with Crippen LogP contribution in [0, 0.1) is 17.2 Å². The van der Waals surface area contributed by atoms with Crippen molar-refractivity contribution in [1.82, 2.24) is 10.6 Å². The molecule has 0 bridgehead atoms. The van der Waals surface area contributed by atoms with Gasteiger partial charge in [0.05, 0.1) is 5.56 Å². The Balaban J connectivity index is 2.12. The molecule has 1 heterocycles. The number of hydrogen-bond donors (Lipinski definition) is 2. The smallest absolute Gasteiger partial charge is 0.222 e. The first-order valence-corrected chi connectivity index (χ1v) is 6.47. The van der Waals surface area contributed by atoms with Crippen molar-refractivity contribution in [2.75, 3.05) is 13.1 Å². The molecule has 0 aromatic carbocycles. The second kappa shape index (κ2) is 7.05. The molecule has 1 aromatic rings. The van der Waals surface area contributed by atoms with Gasteiger partial charge in [-0.15, -0.1) is 11.3 Å². The molecule has 1 rings (SSSR count). The number of hydrogen-bond acceptors (Lipinski definition) is 4. The summed E-state index contributed by atoms with van der Waals surface area (Å²) in [6.45, 7) is 5.85. The third-order valence-electron chi connectivity index (χ3n) is 2.21. The molecule has 2 N–H and O–H groups in total. The Bertz CT molecular complexity index is 406. The lowest BCUT2D eigenvalue weighted by Gasteiger charge is -2.07. The van der Waals surface area contributed by atoms with Crippen LogP contribution in [-0.2, 0) is 11.3 Å². The fourth-order valence-corrected chi connectivity index (χ4v) is 2.00.